The van der Waals surface area contributed by atoms with Crippen molar-refractivity contribution >= 4 is 0 Å². The summed E-state index contributed by atoms with van der Waals surface area (Å²) in [6.07, 6.45) is -2.55. The number of nitrogens with one attached hydrogen (secondary N) is 1. The second kappa shape index (κ2) is 6.75. The Hall–Kier alpha value is -1.14. The summed E-state index contributed by atoms with van der Waals surface area (Å²) in [5.74, 6) is -1.22. The fourth-order valence-electron chi connectivity index (χ4n) is 2.67. The molecular weight excluding hydrogens is 284 g/mol. The molecule has 1 aliphatic rings. The molecule has 2 nitrogen and oxygen atoms in total. The third-order valence-electron chi connectivity index (χ3n) is 3.88. The minimum absolute atomic E-state index is 0.276. The minimum atomic E-state index is -4.65. The highest BCUT2D eigenvalue weighted by Gasteiger charge is 2.34. The lowest BCUT2D eigenvalue weighted by Gasteiger charge is -2.32. The van der Waals surface area contributed by atoms with E-state index in [1.54, 1.807) is 0 Å². The Kier molecular flexibility index (Phi) is 5.22. The van der Waals surface area contributed by atoms with E-state index in [1.165, 1.54) is 6.07 Å². The summed E-state index contributed by atoms with van der Waals surface area (Å²) >= 11 is 0. The molecule has 1 N–H and O–H groups in total. The normalized spacial score (nSPS) is 20.7. The van der Waals surface area contributed by atoms with E-state index in [-0.39, 0.29) is 6.04 Å². The van der Waals surface area contributed by atoms with Gasteiger partial charge in [0, 0.05) is 19.1 Å². The molecule has 1 atom stereocenters. The molecule has 1 heterocycles. The van der Waals surface area contributed by atoms with Gasteiger partial charge in [0.15, 0.2) is 0 Å². The van der Waals surface area contributed by atoms with Crippen LogP contribution in [0.1, 0.15) is 30.9 Å². The van der Waals surface area contributed by atoms with Crippen LogP contribution in [0.5, 0.6) is 0 Å². The number of nitrogens with zero attached hydrogens (tertiary/aromatic N) is 1. The van der Waals surface area contributed by atoms with Crippen molar-refractivity contribution in [1.82, 2.24) is 10.2 Å². The van der Waals surface area contributed by atoms with Crippen LogP contribution in [0.15, 0.2) is 18.2 Å². The van der Waals surface area contributed by atoms with Crippen LogP contribution in [0, 0.1) is 5.82 Å². The van der Waals surface area contributed by atoms with Crippen molar-refractivity contribution in [1.29, 1.82) is 0 Å². The Balaban J connectivity index is 1.97. The van der Waals surface area contributed by atoms with E-state index >= 15 is 0 Å². The summed E-state index contributed by atoms with van der Waals surface area (Å²) in [7, 11) is 0. The van der Waals surface area contributed by atoms with E-state index in [9.17, 15) is 17.6 Å². The first-order chi connectivity index (χ1) is 9.90. The van der Waals surface area contributed by atoms with Gasteiger partial charge in [-0.15, -0.1) is 0 Å². The van der Waals surface area contributed by atoms with Crippen LogP contribution >= 0.6 is 0 Å². The van der Waals surface area contributed by atoms with Gasteiger partial charge in [0.2, 0.25) is 0 Å². The Bertz CT molecular complexity index is 473. The number of hydrogen-bond acceptors (Lipinski definition) is 2. The summed E-state index contributed by atoms with van der Waals surface area (Å²) in [6, 6.07) is 3.46. The molecule has 1 unspecified atom stereocenters. The second-order valence-electron chi connectivity index (χ2n) is 5.43. The Morgan fingerprint density at radius 1 is 1.33 bits per heavy atom. The molecule has 2 rings (SSSR count). The SMILES string of the molecule is CCN1CCCC(NCc2ccc(F)c(C(F)(F)F)c2)C1. The molecule has 21 heavy (non-hydrogen) atoms. The maximum absolute atomic E-state index is 13.2. The molecule has 0 spiro atoms. The van der Waals surface area contributed by atoms with Crippen molar-refractivity contribution in [3.8, 4) is 0 Å². The van der Waals surface area contributed by atoms with Crippen LogP contribution in [-0.2, 0) is 12.7 Å². The van der Waals surface area contributed by atoms with E-state index in [4.69, 9.17) is 0 Å². The summed E-state index contributed by atoms with van der Waals surface area (Å²) in [6.45, 7) is 5.38. The fraction of sp³-hybridized carbons (Fsp3) is 0.600. The lowest BCUT2D eigenvalue weighted by atomic mass is 10.0. The van der Waals surface area contributed by atoms with Gasteiger partial charge in [-0.2, -0.15) is 13.2 Å². The van der Waals surface area contributed by atoms with Gasteiger partial charge in [0.05, 0.1) is 5.56 Å². The maximum atomic E-state index is 13.2. The van der Waals surface area contributed by atoms with Gasteiger partial charge in [0.25, 0.3) is 0 Å². The van der Waals surface area contributed by atoms with E-state index in [0.717, 1.165) is 44.6 Å². The third-order valence-corrected chi connectivity index (χ3v) is 3.88. The third kappa shape index (κ3) is 4.41. The van der Waals surface area contributed by atoms with Crippen LogP contribution in [0.2, 0.25) is 0 Å². The largest absolute Gasteiger partial charge is 0.419 e. The predicted molar refractivity (Wildman–Crippen MR) is 73.4 cm³/mol. The lowest BCUT2D eigenvalue weighted by molar-refractivity contribution is -0.140. The smallest absolute Gasteiger partial charge is 0.309 e. The monoisotopic (exact) mass is 304 g/mol. The number of hydrogen-bond donors (Lipinski definition) is 1. The molecule has 1 aromatic carbocycles. The Labute approximate surface area is 122 Å². The van der Waals surface area contributed by atoms with Gasteiger partial charge in [-0.1, -0.05) is 13.0 Å². The van der Waals surface area contributed by atoms with Gasteiger partial charge in [-0.3, -0.25) is 0 Å². The van der Waals surface area contributed by atoms with Crippen molar-refractivity contribution < 1.29 is 17.6 Å². The van der Waals surface area contributed by atoms with E-state index in [2.05, 4.69) is 17.1 Å². The number of benzene rings is 1. The number of alkyl halides is 3. The molecule has 0 amide bonds. The number of likely N-dealkylation sites (N-methyl/N-ethyl adjacent to an activating group) is 1. The standard InChI is InChI=1S/C15H20F4N2/c1-2-21-7-3-4-12(10-21)20-9-11-5-6-14(16)13(8-11)15(17,18)19/h5-6,8,12,20H,2-4,7,9-10H2,1H3. The topological polar surface area (TPSA) is 15.3 Å². The fourth-order valence-corrected chi connectivity index (χ4v) is 2.67. The second-order valence-corrected chi connectivity index (χ2v) is 5.43. The molecule has 118 valence electrons. The maximum Gasteiger partial charge on any atom is 0.419 e. The lowest BCUT2D eigenvalue weighted by Crippen LogP contribution is -2.45. The molecule has 1 fully saturated rings. The zero-order chi connectivity index (χ0) is 15.5. The molecular formula is C15H20F4N2. The summed E-state index contributed by atoms with van der Waals surface area (Å²) in [4.78, 5) is 2.31. The van der Waals surface area contributed by atoms with Crippen LogP contribution in [-0.4, -0.2) is 30.6 Å². The summed E-state index contributed by atoms with van der Waals surface area (Å²) < 4.78 is 51.2. The van der Waals surface area contributed by atoms with Crippen molar-refractivity contribution in [2.45, 2.75) is 38.5 Å². The highest BCUT2D eigenvalue weighted by Crippen LogP contribution is 2.31. The average Bonchev–Trinajstić information content (AvgIpc) is 2.45. The van der Waals surface area contributed by atoms with Crippen molar-refractivity contribution in [3.05, 3.63) is 35.1 Å². The van der Waals surface area contributed by atoms with Crippen LogP contribution in [0.3, 0.4) is 0 Å². The first-order valence-electron chi connectivity index (χ1n) is 7.21. The van der Waals surface area contributed by atoms with Crippen molar-refractivity contribution in [2.24, 2.45) is 0 Å². The highest BCUT2D eigenvalue weighted by molar-refractivity contribution is 5.27. The first kappa shape index (κ1) is 16.2. The molecule has 1 saturated heterocycles. The molecule has 1 aliphatic heterocycles. The first-order valence-corrected chi connectivity index (χ1v) is 7.21. The quantitative estimate of drug-likeness (QED) is 0.858. The molecule has 1 aromatic rings. The van der Waals surface area contributed by atoms with Crippen LogP contribution in [0.25, 0.3) is 0 Å². The van der Waals surface area contributed by atoms with Crippen molar-refractivity contribution in [2.75, 3.05) is 19.6 Å². The number of halogens is 4. The Morgan fingerprint density at radius 2 is 2.10 bits per heavy atom. The van der Waals surface area contributed by atoms with Crippen LogP contribution in [0.4, 0.5) is 17.6 Å². The molecule has 6 heteroatoms. The number of rotatable bonds is 4. The average molecular weight is 304 g/mol. The zero-order valence-electron chi connectivity index (χ0n) is 12.0. The Morgan fingerprint density at radius 3 is 2.76 bits per heavy atom. The van der Waals surface area contributed by atoms with Crippen molar-refractivity contribution in [3.63, 3.8) is 0 Å². The number of piperidine rings is 1. The van der Waals surface area contributed by atoms with E-state index < -0.39 is 17.6 Å². The predicted octanol–water partition coefficient (Wildman–Crippen LogP) is 3.42. The molecule has 0 bridgehead atoms. The molecule has 0 radical (unpaired) electrons. The molecule has 0 aliphatic carbocycles. The summed E-state index contributed by atoms with van der Waals surface area (Å²) in [5, 5.41) is 3.27. The van der Waals surface area contributed by atoms with E-state index in [1.807, 2.05) is 0 Å². The van der Waals surface area contributed by atoms with Gasteiger partial charge in [-0.05, 0) is 43.6 Å². The summed E-state index contributed by atoms with van der Waals surface area (Å²) in [5.41, 5.74) is -0.738. The number of likely N-dealkylation sites (tertiary alicyclic amines) is 1. The minimum Gasteiger partial charge on any atom is -0.309 e. The highest BCUT2D eigenvalue weighted by atomic mass is 19.4. The zero-order valence-corrected chi connectivity index (χ0v) is 12.0. The molecule has 0 saturated carbocycles. The van der Waals surface area contributed by atoms with Gasteiger partial charge in [0.1, 0.15) is 5.82 Å². The van der Waals surface area contributed by atoms with E-state index in [0.29, 0.717) is 12.1 Å². The van der Waals surface area contributed by atoms with Gasteiger partial charge >= 0.3 is 6.18 Å². The van der Waals surface area contributed by atoms with Crippen LogP contribution < -0.4 is 5.32 Å². The molecule has 0 aromatic heterocycles. The van der Waals surface area contributed by atoms with Gasteiger partial charge < -0.3 is 10.2 Å². The van der Waals surface area contributed by atoms with Gasteiger partial charge in [-0.25, -0.2) is 4.39 Å².